The van der Waals surface area contributed by atoms with Gasteiger partial charge >= 0.3 is 12.1 Å². The second kappa shape index (κ2) is 9.59. The van der Waals surface area contributed by atoms with Crippen LogP contribution in [0.25, 0.3) is 0 Å². The average molecular weight is 391 g/mol. The summed E-state index contributed by atoms with van der Waals surface area (Å²) in [4.78, 5) is 35.5. The molecule has 0 heterocycles. The first-order valence-electron chi connectivity index (χ1n) is 8.16. The Kier molecular flexibility index (Phi) is 7.19. The molecule has 0 fully saturated rings. The van der Waals surface area contributed by atoms with E-state index in [9.17, 15) is 14.4 Å². The summed E-state index contributed by atoms with van der Waals surface area (Å²) in [5, 5.41) is 5.65. The minimum absolute atomic E-state index is 0.191. The number of carbonyl (C=O) groups is 3. The molecule has 2 N–H and O–H groups in total. The highest BCUT2D eigenvalue weighted by atomic mass is 35.5. The Morgan fingerprint density at radius 2 is 1.78 bits per heavy atom. The summed E-state index contributed by atoms with van der Waals surface area (Å²) in [6, 6.07) is 11.2. The fourth-order valence-electron chi connectivity index (χ4n) is 2.15. The lowest BCUT2D eigenvalue weighted by atomic mass is 10.2. The predicted octanol–water partition coefficient (Wildman–Crippen LogP) is 4.01. The summed E-state index contributed by atoms with van der Waals surface area (Å²) < 4.78 is 9.78. The average Bonchev–Trinajstić information content (AvgIpc) is 2.64. The Hall–Kier alpha value is -3.06. The van der Waals surface area contributed by atoms with Crippen LogP contribution in [0.3, 0.4) is 0 Å². The molecule has 8 heteroatoms. The van der Waals surface area contributed by atoms with Crippen LogP contribution in [-0.2, 0) is 14.3 Å². The lowest BCUT2D eigenvalue weighted by Crippen LogP contribution is -2.21. The number of nitrogens with one attached hydrogen (secondary N) is 2. The van der Waals surface area contributed by atoms with Crippen LogP contribution in [0, 0.1) is 6.92 Å². The molecule has 0 saturated carbocycles. The Labute approximate surface area is 161 Å². The molecule has 7 nitrogen and oxygen atoms in total. The van der Waals surface area contributed by atoms with Gasteiger partial charge in [-0.3, -0.25) is 10.1 Å². The molecule has 2 amide bonds. The van der Waals surface area contributed by atoms with Crippen LogP contribution in [0.5, 0.6) is 0 Å². The molecule has 0 aliphatic heterocycles. The summed E-state index contributed by atoms with van der Waals surface area (Å²) in [6.07, 6.45) is -0.626. The molecule has 0 aliphatic rings. The smallest absolute Gasteiger partial charge is 0.411 e. The van der Waals surface area contributed by atoms with Crippen molar-refractivity contribution in [3.63, 3.8) is 0 Å². The highest BCUT2D eigenvalue weighted by Crippen LogP contribution is 2.22. The van der Waals surface area contributed by atoms with Crippen molar-refractivity contribution >= 4 is 40.9 Å². The molecule has 0 bridgehead atoms. The van der Waals surface area contributed by atoms with Crippen molar-refractivity contribution in [1.29, 1.82) is 0 Å². The molecular formula is C19H19ClN2O5. The lowest BCUT2D eigenvalue weighted by Gasteiger charge is -2.10. The standard InChI is InChI=1S/C19H19ClN2O5/c1-3-26-19(25)21-14-7-4-6-13(10-14)18(24)27-11-17(23)22-16-9-5-8-15(20)12(16)2/h4-10H,3,11H2,1-2H3,(H,21,25)(H,22,23). The number of hydrogen-bond donors (Lipinski definition) is 2. The van der Waals surface area contributed by atoms with Crippen molar-refractivity contribution < 1.29 is 23.9 Å². The number of esters is 1. The summed E-state index contributed by atoms with van der Waals surface area (Å²) >= 11 is 6.00. The molecule has 2 aromatic rings. The highest BCUT2D eigenvalue weighted by Gasteiger charge is 2.13. The maximum absolute atomic E-state index is 12.1. The monoisotopic (exact) mass is 390 g/mol. The van der Waals surface area contributed by atoms with Crippen LogP contribution < -0.4 is 10.6 Å². The van der Waals surface area contributed by atoms with Crippen molar-refractivity contribution in [1.82, 2.24) is 0 Å². The van der Waals surface area contributed by atoms with E-state index in [2.05, 4.69) is 10.6 Å². The Morgan fingerprint density at radius 1 is 1.04 bits per heavy atom. The first-order valence-corrected chi connectivity index (χ1v) is 8.54. The van der Waals surface area contributed by atoms with Crippen LogP contribution in [-0.4, -0.2) is 31.2 Å². The summed E-state index contributed by atoms with van der Waals surface area (Å²) in [7, 11) is 0. The van der Waals surface area contributed by atoms with Gasteiger partial charge in [0.25, 0.3) is 5.91 Å². The van der Waals surface area contributed by atoms with Gasteiger partial charge in [0.2, 0.25) is 0 Å². The minimum atomic E-state index is -0.694. The molecule has 0 saturated heterocycles. The molecule has 27 heavy (non-hydrogen) atoms. The third-order valence-corrected chi connectivity index (χ3v) is 3.91. The maximum Gasteiger partial charge on any atom is 0.411 e. The second-order valence-corrected chi connectivity index (χ2v) is 5.87. The van der Waals surface area contributed by atoms with Crippen LogP contribution in [0.1, 0.15) is 22.8 Å². The third-order valence-electron chi connectivity index (χ3n) is 3.50. The van der Waals surface area contributed by atoms with Gasteiger partial charge in [-0.2, -0.15) is 0 Å². The topological polar surface area (TPSA) is 93.7 Å². The van der Waals surface area contributed by atoms with E-state index in [0.29, 0.717) is 16.4 Å². The van der Waals surface area contributed by atoms with E-state index in [0.717, 1.165) is 5.56 Å². The van der Waals surface area contributed by atoms with Gasteiger partial charge in [-0.1, -0.05) is 23.7 Å². The van der Waals surface area contributed by atoms with E-state index in [1.165, 1.54) is 12.1 Å². The molecule has 142 valence electrons. The lowest BCUT2D eigenvalue weighted by molar-refractivity contribution is -0.119. The Morgan fingerprint density at radius 3 is 2.52 bits per heavy atom. The van der Waals surface area contributed by atoms with Crippen molar-refractivity contribution in [2.75, 3.05) is 23.8 Å². The second-order valence-electron chi connectivity index (χ2n) is 5.46. The zero-order chi connectivity index (χ0) is 19.8. The number of anilines is 2. The summed E-state index contributed by atoms with van der Waals surface area (Å²) in [5.74, 6) is -1.19. The SMILES string of the molecule is CCOC(=O)Nc1cccc(C(=O)OCC(=O)Nc2cccc(Cl)c2C)c1. The number of halogens is 1. The minimum Gasteiger partial charge on any atom is -0.452 e. The fraction of sp³-hybridized carbons (Fsp3) is 0.211. The number of amides is 2. The Bertz CT molecular complexity index is 854. The summed E-state index contributed by atoms with van der Waals surface area (Å²) in [5.41, 5.74) is 1.83. The van der Waals surface area contributed by atoms with Crippen LogP contribution >= 0.6 is 11.6 Å². The predicted molar refractivity (Wildman–Crippen MR) is 102 cm³/mol. The van der Waals surface area contributed by atoms with Crippen LogP contribution in [0.4, 0.5) is 16.2 Å². The molecular weight excluding hydrogens is 372 g/mol. The molecule has 2 aromatic carbocycles. The largest absolute Gasteiger partial charge is 0.452 e. The molecule has 0 aliphatic carbocycles. The fourth-order valence-corrected chi connectivity index (χ4v) is 2.33. The first-order chi connectivity index (χ1) is 12.9. The molecule has 0 spiro atoms. The van der Waals surface area contributed by atoms with E-state index < -0.39 is 24.6 Å². The van der Waals surface area contributed by atoms with E-state index in [-0.39, 0.29) is 12.2 Å². The van der Waals surface area contributed by atoms with Crippen molar-refractivity contribution in [3.05, 3.63) is 58.6 Å². The zero-order valence-electron chi connectivity index (χ0n) is 14.9. The normalized spacial score (nSPS) is 10.0. The van der Waals surface area contributed by atoms with E-state index in [1.807, 2.05) is 0 Å². The van der Waals surface area contributed by atoms with E-state index in [4.69, 9.17) is 21.1 Å². The molecule has 2 rings (SSSR count). The van der Waals surface area contributed by atoms with Gasteiger partial charge in [0, 0.05) is 16.4 Å². The number of ether oxygens (including phenoxy) is 2. The van der Waals surface area contributed by atoms with Gasteiger partial charge in [-0.25, -0.2) is 9.59 Å². The van der Waals surface area contributed by atoms with E-state index in [1.54, 1.807) is 44.2 Å². The first kappa shape index (κ1) is 20.3. The number of rotatable bonds is 6. The van der Waals surface area contributed by atoms with Gasteiger partial charge in [-0.15, -0.1) is 0 Å². The summed E-state index contributed by atoms with van der Waals surface area (Å²) in [6.45, 7) is 3.23. The van der Waals surface area contributed by atoms with Crippen LogP contribution in [0.2, 0.25) is 5.02 Å². The maximum atomic E-state index is 12.1. The molecule has 0 aromatic heterocycles. The van der Waals surface area contributed by atoms with Gasteiger partial charge in [-0.05, 0) is 49.7 Å². The molecule has 0 unspecified atom stereocenters. The van der Waals surface area contributed by atoms with Gasteiger partial charge in [0.1, 0.15) is 0 Å². The van der Waals surface area contributed by atoms with Crippen molar-refractivity contribution in [2.45, 2.75) is 13.8 Å². The quantitative estimate of drug-likeness (QED) is 0.727. The highest BCUT2D eigenvalue weighted by molar-refractivity contribution is 6.31. The van der Waals surface area contributed by atoms with Gasteiger partial charge in [0.05, 0.1) is 12.2 Å². The number of carbonyl (C=O) groups excluding carboxylic acids is 3. The molecule has 0 radical (unpaired) electrons. The molecule has 0 atom stereocenters. The van der Waals surface area contributed by atoms with Gasteiger partial charge < -0.3 is 14.8 Å². The van der Waals surface area contributed by atoms with Crippen molar-refractivity contribution in [2.24, 2.45) is 0 Å². The Balaban J connectivity index is 1.92. The van der Waals surface area contributed by atoms with E-state index >= 15 is 0 Å². The zero-order valence-corrected chi connectivity index (χ0v) is 15.6. The number of benzene rings is 2. The third kappa shape index (κ3) is 6.00. The number of hydrogen-bond acceptors (Lipinski definition) is 5. The van der Waals surface area contributed by atoms with Crippen LogP contribution in [0.15, 0.2) is 42.5 Å². The van der Waals surface area contributed by atoms with Gasteiger partial charge in [0.15, 0.2) is 6.61 Å². The van der Waals surface area contributed by atoms with Crippen molar-refractivity contribution in [3.8, 4) is 0 Å².